The van der Waals surface area contributed by atoms with Gasteiger partial charge in [0.1, 0.15) is 11.6 Å². The second-order valence-corrected chi connectivity index (χ2v) is 9.04. The largest absolute Gasteiger partial charge is 0.352 e. The molecule has 2 aromatic rings. The molecule has 1 aromatic heterocycles. The summed E-state index contributed by atoms with van der Waals surface area (Å²) in [6, 6.07) is 3.24. The van der Waals surface area contributed by atoms with Crippen molar-refractivity contribution in [3.63, 3.8) is 0 Å². The molecule has 0 bridgehead atoms. The van der Waals surface area contributed by atoms with E-state index in [-0.39, 0.29) is 29.8 Å². The molecule has 0 spiro atoms. The molecule has 1 N–H and O–H groups in total. The highest BCUT2D eigenvalue weighted by Gasteiger charge is 2.29. The van der Waals surface area contributed by atoms with E-state index in [0.29, 0.717) is 32.4 Å². The van der Waals surface area contributed by atoms with Crippen LogP contribution in [0, 0.1) is 17.6 Å². The Bertz CT molecular complexity index is 972. The van der Waals surface area contributed by atoms with Gasteiger partial charge in [0.2, 0.25) is 11.8 Å². The lowest BCUT2D eigenvalue weighted by atomic mass is 9.90. The molecule has 0 radical (unpaired) electrons. The minimum atomic E-state index is -0.527. The van der Waals surface area contributed by atoms with E-state index < -0.39 is 11.6 Å². The van der Waals surface area contributed by atoms with E-state index in [9.17, 15) is 18.4 Å². The van der Waals surface area contributed by atoms with Crippen molar-refractivity contribution in [2.24, 2.45) is 5.92 Å². The van der Waals surface area contributed by atoms with Gasteiger partial charge in [-0.15, -0.1) is 11.3 Å². The molecule has 1 aliphatic heterocycles. The van der Waals surface area contributed by atoms with E-state index in [1.54, 1.807) is 11.3 Å². The Morgan fingerprint density at radius 1 is 1.23 bits per heavy atom. The highest BCUT2D eigenvalue weighted by atomic mass is 32.1. The molecular weight excluding hydrogens is 422 g/mol. The van der Waals surface area contributed by atoms with Crippen molar-refractivity contribution in [3.05, 3.63) is 46.0 Å². The molecule has 0 saturated carbocycles. The van der Waals surface area contributed by atoms with E-state index in [0.717, 1.165) is 53.4 Å². The maximum absolute atomic E-state index is 13.8. The number of carbonyl (C=O) groups excluding carboxylic acids is 2. The second kappa shape index (κ2) is 9.30. The van der Waals surface area contributed by atoms with Crippen LogP contribution in [-0.2, 0) is 29.0 Å². The van der Waals surface area contributed by atoms with Crippen LogP contribution in [0.2, 0.25) is 0 Å². The Kier molecular flexibility index (Phi) is 6.50. The molecule has 9 heteroatoms. The summed E-state index contributed by atoms with van der Waals surface area (Å²) in [7, 11) is 0. The van der Waals surface area contributed by atoms with Gasteiger partial charge in [0.05, 0.1) is 5.69 Å². The fourth-order valence-electron chi connectivity index (χ4n) is 4.10. The van der Waals surface area contributed by atoms with Gasteiger partial charge in [-0.2, -0.15) is 0 Å². The van der Waals surface area contributed by atoms with Crippen molar-refractivity contribution < 1.29 is 18.4 Å². The van der Waals surface area contributed by atoms with Crippen molar-refractivity contribution in [2.75, 3.05) is 31.1 Å². The first-order valence-corrected chi connectivity index (χ1v) is 11.5. The minimum Gasteiger partial charge on any atom is -0.352 e. The normalized spacial score (nSPS) is 18.6. The Hall–Kier alpha value is -2.55. The third kappa shape index (κ3) is 4.87. The summed E-state index contributed by atoms with van der Waals surface area (Å²) < 4.78 is 27.1. The van der Waals surface area contributed by atoms with Gasteiger partial charge in [0.25, 0.3) is 0 Å². The maximum atomic E-state index is 13.8. The number of amides is 2. The van der Waals surface area contributed by atoms with Gasteiger partial charge < -0.3 is 15.1 Å². The molecule has 1 aromatic carbocycles. The number of nitrogens with zero attached hydrogens (tertiary/aromatic N) is 3. The van der Waals surface area contributed by atoms with Crippen LogP contribution < -0.4 is 10.2 Å². The van der Waals surface area contributed by atoms with Crippen LogP contribution in [0.3, 0.4) is 0 Å². The number of aromatic nitrogens is 1. The van der Waals surface area contributed by atoms with Gasteiger partial charge in [-0.25, -0.2) is 13.8 Å². The van der Waals surface area contributed by atoms with Gasteiger partial charge in [-0.3, -0.25) is 9.59 Å². The number of hydrogen-bond acceptors (Lipinski definition) is 5. The molecule has 166 valence electrons. The van der Waals surface area contributed by atoms with E-state index in [4.69, 9.17) is 4.98 Å². The molecule has 1 saturated heterocycles. The zero-order valence-corrected chi connectivity index (χ0v) is 18.3. The first-order chi connectivity index (χ1) is 14.9. The molecule has 1 aliphatic carbocycles. The average molecular weight is 449 g/mol. The van der Waals surface area contributed by atoms with E-state index in [2.05, 4.69) is 10.2 Å². The summed E-state index contributed by atoms with van der Waals surface area (Å²) in [5.41, 5.74) is 1.19. The molecular formula is C22H26F2N4O2S. The number of anilines is 1. The lowest BCUT2D eigenvalue weighted by Crippen LogP contribution is -2.48. The highest BCUT2D eigenvalue weighted by Crippen LogP contribution is 2.34. The smallest absolute Gasteiger partial charge is 0.223 e. The second-order valence-electron chi connectivity index (χ2n) is 7.98. The zero-order chi connectivity index (χ0) is 22.0. The highest BCUT2D eigenvalue weighted by molar-refractivity contribution is 7.15. The molecule has 4 rings (SSSR count). The van der Waals surface area contributed by atoms with Gasteiger partial charge in [-0.1, -0.05) is 6.92 Å². The number of aryl methyl sites for hydroxylation is 1. The van der Waals surface area contributed by atoms with E-state index in [1.807, 2.05) is 11.8 Å². The maximum Gasteiger partial charge on any atom is 0.223 e. The predicted octanol–water partition coefficient (Wildman–Crippen LogP) is 2.90. The molecule has 1 unspecified atom stereocenters. The average Bonchev–Trinajstić information content (AvgIpc) is 3.22. The van der Waals surface area contributed by atoms with Crippen molar-refractivity contribution in [3.8, 4) is 0 Å². The van der Waals surface area contributed by atoms with E-state index >= 15 is 0 Å². The fourth-order valence-corrected chi connectivity index (χ4v) is 5.33. The van der Waals surface area contributed by atoms with Crippen LogP contribution in [0.15, 0.2) is 18.2 Å². The number of halogens is 2. The Labute approximate surface area is 184 Å². The third-order valence-electron chi connectivity index (χ3n) is 5.97. The van der Waals surface area contributed by atoms with Crippen LogP contribution in [0.4, 0.5) is 13.9 Å². The Balaban J connectivity index is 1.34. The number of rotatable bonds is 5. The fraction of sp³-hybridized carbons (Fsp3) is 0.500. The van der Waals surface area contributed by atoms with Crippen molar-refractivity contribution in [2.45, 2.75) is 39.2 Å². The van der Waals surface area contributed by atoms with Crippen LogP contribution in [0.1, 0.15) is 35.9 Å². The number of thiazole rings is 1. The first-order valence-electron chi connectivity index (χ1n) is 10.7. The third-order valence-corrected chi connectivity index (χ3v) is 7.15. The lowest BCUT2D eigenvalue weighted by molar-refractivity contribution is -0.131. The van der Waals surface area contributed by atoms with Gasteiger partial charge in [0.15, 0.2) is 5.13 Å². The molecule has 2 aliphatic rings. The number of nitrogens with one attached hydrogen (secondary N) is 1. The Morgan fingerprint density at radius 2 is 2.00 bits per heavy atom. The van der Waals surface area contributed by atoms with Crippen molar-refractivity contribution in [1.82, 2.24) is 15.2 Å². The molecule has 2 heterocycles. The lowest BCUT2D eigenvalue weighted by Gasteiger charge is -2.34. The summed E-state index contributed by atoms with van der Waals surface area (Å²) in [6.45, 7) is 4.80. The quantitative estimate of drug-likeness (QED) is 0.764. The zero-order valence-electron chi connectivity index (χ0n) is 17.5. The molecule has 1 fully saturated rings. The van der Waals surface area contributed by atoms with Crippen LogP contribution in [-0.4, -0.2) is 47.9 Å². The molecule has 1 atom stereocenters. The number of hydrogen-bond donors (Lipinski definition) is 1. The summed E-state index contributed by atoms with van der Waals surface area (Å²) in [6.07, 6.45) is 2.55. The molecule has 6 nitrogen and oxygen atoms in total. The summed E-state index contributed by atoms with van der Waals surface area (Å²) in [5, 5.41) is 3.70. The van der Waals surface area contributed by atoms with Crippen LogP contribution in [0.5, 0.6) is 0 Å². The summed E-state index contributed by atoms with van der Waals surface area (Å²) >= 11 is 1.62. The topological polar surface area (TPSA) is 65.5 Å². The number of fused-ring (bicyclic) bond motifs is 1. The standard InChI is InChI=1S/C22H26F2N4O2S/c1-2-20(29)27-7-9-28(10-8-27)22-26-18-6-3-14(12-19(18)31-22)21(30)25-13-15-11-16(23)4-5-17(15)24/h4-5,11,14H,2-3,6-10,12-13H2,1H3,(H,25,30). The Morgan fingerprint density at radius 3 is 2.74 bits per heavy atom. The SMILES string of the molecule is CCC(=O)N1CCN(c2nc3c(s2)CC(C(=O)NCc2cc(F)ccc2F)CC3)CC1. The number of piperazine rings is 1. The minimum absolute atomic E-state index is 0.0273. The van der Waals surface area contributed by atoms with Gasteiger partial charge in [0, 0.05) is 55.5 Å². The predicted molar refractivity (Wildman–Crippen MR) is 115 cm³/mol. The van der Waals surface area contributed by atoms with Gasteiger partial charge in [-0.05, 0) is 37.5 Å². The van der Waals surface area contributed by atoms with Crippen LogP contribution >= 0.6 is 11.3 Å². The summed E-state index contributed by atoms with van der Waals surface area (Å²) in [5.74, 6) is -1.21. The van der Waals surface area contributed by atoms with Crippen molar-refractivity contribution >= 4 is 28.3 Å². The number of carbonyl (C=O) groups is 2. The molecule has 2 amide bonds. The van der Waals surface area contributed by atoms with E-state index in [1.165, 1.54) is 0 Å². The summed E-state index contributed by atoms with van der Waals surface area (Å²) in [4.78, 5) is 34.5. The monoisotopic (exact) mass is 448 g/mol. The number of benzene rings is 1. The van der Waals surface area contributed by atoms with Crippen LogP contribution in [0.25, 0.3) is 0 Å². The van der Waals surface area contributed by atoms with Crippen molar-refractivity contribution in [1.29, 1.82) is 0 Å². The van der Waals surface area contributed by atoms with Gasteiger partial charge >= 0.3 is 0 Å². The molecule has 31 heavy (non-hydrogen) atoms. The first kappa shape index (κ1) is 21.7.